The van der Waals surface area contributed by atoms with Gasteiger partial charge in [-0.1, -0.05) is 6.08 Å². The van der Waals surface area contributed by atoms with Crippen LogP contribution in [0.2, 0.25) is 0 Å². The number of ether oxygens (including phenoxy) is 2. The molecule has 13 heteroatoms. The number of carbonyl (C=O) groups is 2. The number of methoxy groups -OCH3 is 1. The van der Waals surface area contributed by atoms with E-state index in [-0.39, 0.29) is 36.0 Å². The number of hydrazine groups is 1. The summed E-state index contributed by atoms with van der Waals surface area (Å²) in [4.78, 5) is 37.1. The van der Waals surface area contributed by atoms with Crippen molar-refractivity contribution in [3.05, 3.63) is 65.9 Å². The van der Waals surface area contributed by atoms with E-state index in [1.54, 1.807) is 32.2 Å². The number of aromatic nitrogens is 1. The zero-order chi connectivity index (χ0) is 35.1. The first kappa shape index (κ1) is 35.7. The normalized spacial score (nSPS) is 15.6. The molecule has 0 radical (unpaired) electrons. The number of nitrogens with one attached hydrogen (secondary N) is 1. The van der Waals surface area contributed by atoms with Crippen molar-refractivity contribution in [1.29, 1.82) is 0 Å². The van der Waals surface area contributed by atoms with Gasteiger partial charge in [0.25, 0.3) is 5.91 Å². The third-order valence-electron chi connectivity index (χ3n) is 9.17. The van der Waals surface area contributed by atoms with E-state index in [9.17, 15) is 9.59 Å². The molecule has 3 aromatic rings. The van der Waals surface area contributed by atoms with Gasteiger partial charge in [-0.2, -0.15) is 0 Å². The highest BCUT2D eigenvalue weighted by molar-refractivity contribution is 6.05. The van der Waals surface area contributed by atoms with Crippen LogP contribution in [0.5, 0.6) is 5.75 Å². The minimum absolute atomic E-state index is 0.0840. The van der Waals surface area contributed by atoms with Crippen LogP contribution in [0.3, 0.4) is 0 Å². The molecular weight excluding hydrogens is 627 g/mol. The molecule has 1 aromatic heterocycles. The third kappa shape index (κ3) is 8.18. The molecule has 5 N–H and O–H groups in total. The average Bonchev–Trinajstić information content (AvgIpc) is 3.57. The van der Waals surface area contributed by atoms with Crippen molar-refractivity contribution in [2.45, 2.75) is 19.8 Å². The lowest BCUT2D eigenvalue weighted by atomic mass is 9.92. The summed E-state index contributed by atoms with van der Waals surface area (Å²) in [6.45, 7) is 9.10. The lowest BCUT2D eigenvalue weighted by molar-refractivity contribution is -0.130. The second kappa shape index (κ2) is 16.2. The fourth-order valence-corrected chi connectivity index (χ4v) is 6.46. The van der Waals surface area contributed by atoms with E-state index in [2.05, 4.69) is 20.9 Å². The Kier molecular flexibility index (Phi) is 11.8. The molecule has 3 heterocycles. The van der Waals surface area contributed by atoms with Crippen LogP contribution in [0.25, 0.3) is 27.6 Å². The van der Waals surface area contributed by atoms with Crippen LogP contribution >= 0.6 is 0 Å². The van der Waals surface area contributed by atoms with Gasteiger partial charge in [-0.05, 0) is 48.7 Å². The van der Waals surface area contributed by atoms with Crippen molar-refractivity contribution in [2.24, 2.45) is 11.6 Å². The van der Waals surface area contributed by atoms with Crippen LogP contribution in [-0.4, -0.2) is 123 Å². The van der Waals surface area contributed by atoms with Gasteiger partial charge in [-0.15, -0.1) is 0 Å². The number of benzene rings is 2. The maximum Gasteiger partial charge on any atom is 0.269 e. The molecule has 0 atom stereocenters. The van der Waals surface area contributed by atoms with Crippen molar-refractivity contribution in [3.63, 3.8) is 0 Å². The van der Waals surface area contributed by atoms with Crippen molar-refractivity contribution in [2.75, 3.05) is 91.7 Å². The summed E-state index contributed by atoms with van der Waals surface area (Å²) in [6, 6.07) is 9.62. The lowest BCUT2D eigenvalue weighted by Gasteiger charge is -2.36. The molecule has 2 aliphatic rings. The number of fused-ring (bicyclic) bond motifs is 1. The topological polar surface area (TPSA) is 137 Å². The van der Waals surface area contributed by atoms with E-state index in [0.29, 0.717) is 41.8 Å². The van der Waals surface area contributed by atoms with Crippen LogP contribution in [0.4, 0.5) is 10.1 Å². The van der Waals surface area contributed by atoms with Gasteiger partial charge in [0.15, 0.2) is 5.82 Å². The summed E-state index contributed by atoms with van der Waals surface area (Å²) in [5.74, 6) is 5.67. The van der Waals surface area contributed by atoms with Gasteiger partial charge < -0.3 is 39.9 Å². The number of H-pyrrole nitrogens is 1. The standard InChI is InChI=1S/C36H49FN8O4/c1-5-49-20-19-42-15-17-43(18-16-42)26-8-9-27(32(21-26)48-4)29-22-28(34(37)35-30(29)23-31(40-35)36(47)41(2)3)25-7-6-12-44(24-25)33(46)10-13-45(39)14-11-38/h7-9,11,14,21-23,40H,5-6,10,12-13,15-20,24,38-39H2,1-4H3/b14-11-. The number of hydrogen-bond donors (Lipinski definition) is 3. The number of nitrogens with zero attached hydrogens (tertiary/aromatic N) is 5. The van der Waals surface area contributed by atoms with Crippen molar-refractivity contribution >= 4 is 34.0 Å². The van der Waals surface area contributed by atoms with Crippen LogP contribution in [-0.2, 0) is 9.53 Å². The molecule has 1 fully saturated rings. The highest BCUT2D eigenvalue weighted by atomic mass is 19.1. The van der Waals surface area contributed by atoms with Gasteiger partial charge in [0.05, 0.1) is 19.2 Å². The van der Waals surface area contributed by atoms with Crippen molar-refractivity contribution in [1.82, 2.24) is 24.7 Å². The Balaban J connectivity index is 1.49. The molecule has 0 bridgehead atoms. The zero-order valence-electron chi connectivity index (χ0n) is 29.0. The number of anilines is 1. The molecule has 49 heavy (non-hydrogen) atoms. The smallest absolute Gasteiger partial charge is 0.269 e. The highest BCUT2D eigenvalue weighted by Crippen LogP contribution is 2.41. The van der Waals surface area contributed by atoms with Crippen molar-refractivity contribution in [3.8, 4) is 16.9 Å². The monoisotopic (exact) mass is 676 g/mol. The summed E-state index contributed by atoms with van der Waals surface area (Å²) in [5.41, 5.74) is 9.51. The zero-order valence-corrected chi connectivity index (χ0v) is 29.0. The van der Waals surface area contributed by atoms with E-state index in [1.807, 2.05) is 31.2 Å². The Morgan fingerprint density at radius 3 is 2.53 bits per heavy atom. The molecule has 0 saturated carbocycles. The van der Waals surface area contributed by atoms with Gasteiger partial charge >= 0.3 is 0 Å². The van der Waals surface area contributed by atoms with E-state index < -0.39 is 5.82 Å². The highest BCUT2D eigenvalue weighted by Gasteiger charge is 2.26. The summed E-state index contributed by atoms with van der Waals surface area (Å²) >= 11 is 0. The molecule has 1 saturated heterocycles. The largest absolute Gasteiger partial charge is 0.496 e. The first-order chi connectivity index (χ1) is 23.6. The van der Waals surface area contributed by atoms with Crippen molar-refractivity contribution < 1.29 is 23.5 Å². The number of piperazine rings is 1. The summed E-state index contributed by atoms with van der Waals surface area (Å²) in [5, 5.41) is 1.93. The maximum atomic E-state index is 16.5. The number of amides is 2. The Morgan fingerprint density at radius 2 is 1.84 bits per heavy atom. The summed E-state index contributed by atoms with van der Waals surface area (Å²) in [7, 11) is 4.95. The van der Waals surface area contributed by atoms with Gasteiger partial charge in [0.1, 0.15) is 11.4 Å². The Labute approximate surface area is 287 Å². The number of halogens is 1. The molecular formula is C36H49FN8O4. The predicted molar refractivity (Wildman–Crippen MR) is 191 cm³/mol. The molecule has 0 unspecified atom stereocenters. The molecule has 2 aromatic carbocycles. The Bertz CT molecular complexity index is 1700. The first-order valence-electron chi connectivity index (χ1n) is 16.8. The minimum Gasteiger partial charge on any atom is -0.496 e. The quantitative estimate of drug-likeness (QED) is 0.141. The Hall–Kier alpha value is -4.59. The first-order valence-corrected chi connectivity index (χ1v) is 16.8. The van der Waals surface area contributed by atoms with Gasteiger partial charge in [0, 0.05) is 120 Å². The maximum absolute atomic E-state index is 16.5. The minimum atomic E-state index is -0.476. The molecule has 5 rings (SSSR count). The number of aromatic amines is 1. The average molecular weight is 677 g/mol. The SMILES string of the molecule is CCOCCN1CCN(c2ccc(-c3cc(C4=CCCN(C(=O)CCN(N)/C=C\N)C4)c(F)c4[nH]c(C(=O)N(C)C)cc34)c(OC)c2)CC1. The predicted octanol–water partition coefficient (Wildman–Crippen LogP) is 3.45. The fourth-order valence-electron chi connectivity index (χ4n) is 6.46. The molecule has 12 nitrogen and oxygen atoms in total. The number of hydrogen-bond acceptors (Lipinski definition) is 9. The second-order valence-electron chi connectivity index (χ2n) is 12.5. The van der Waals surface area contributed by atoms with Crippen LogP contribution in [0, 0.1) is 5.82 Å². The molecule has 0 spiro atoms. The van der Waals surface area contributed by atoms with Crippen LogP contribution in [0.1, 0.15) is 35.8 Å². The van der Waals surface area contributed by atoms with Crippen LogP contribution in [0.15, 0.2) is 48.8 Å². The fraction of sp³-hybridized carbons (Fsp3) is 0.444. The second-order valence-corrected chi connectivity index (χ2v) is 12.5. The molecule has 2 amide bonds. The molecule has 0 aliphatic carbocycles. The van der Waals surface area contributed by atoms with E-state index >= 15 is 4.39 Å². The van der Waals surface area contributed by atoms with E-state index in [1.165, 1.54) is 22.3 Å². The number of carbonyl (C=O) groups excluding carboxylic acids is 2. The lowest BCUT2D eigenvalue weighted by Crippen LogP contribution is -2.47. The van der Waals surface area contributed by atoms with E-state index in [4.69, 9.17) is 21.1 Å². The third-order valence-corrected chi connectivity index (χ3v) is 9.17. The van der Waals surface area contributed by atoms with Gasteiger partial charge in [0.2, 0.25) is 5.91 Å². The molecule has 264 valence electrons. The summed E-state index contributed by atoms with van der Waals surface area (Å²) in [6.07, 6.45) is 5.57. The molecule has 2 aliphatic heterocycles. The number of rotatable bonds is 13. The van der Waals surface area contributed by atoms with Crippen LogP contribution < -0.4 is 21.2 Å². The summed E-state index contributed by atoms with van der Waals surface area (Å²) < 4.78 is 28.0. The van der Waals surface area contributed by atoms with E-state index in [0.717, 1.165) is 62.8 Å². The van der Waals surface area contributed by atoms with Gasteiger partial charge in [-0.3, -0.25) is 14.5 Å². The van der Waals surface area contributed by atoms with Gasteiger partial charge in [-0.25, -0.2) is 10.2 Å². The Morgan fingerprint density at radius 1 is 1.06 bits per heavy atom. The number of nitrogens with two attached hydrogens (primary N) is 2.